The number of nitrogens with zero attached hydrogens (tertiary/aromatic N) is 2. The molecule has 0 radical (unpaired) electrons. The van der Waals surface area contributed by atoms with Crippen molar-refractivity contribution in [3.8, 4) is 0 Å². The van der Waals surface area contributed by atoms with Gasteiger partial charge in [-0.3, -0.25) is 4.68 Å². The Balaban J connectivity index is 2.24. The van der Waals surface area contributed by atoms with Gasteiger partial charge in [0, 0.05) is 12.2 Å². The summed E-state index contributed by atoms with van der Waals surface area (Å²) >= 11 is 3.55. The summed E-state index contributed by atoms with van der Waals surface area (Å²) in [4.78, 5) is 0. The molecule has 0 fully saturated rings. The first-order valence-corrected chi connectivity index (χ1v) is 6.86. The van der Waals surface area contributed by atoms with Crippen LogP contribution in [-0.4, -0.2) is 22.9 Å². The third kappa shape index (κ3) is 3.91. The minimum absolute atomic E-state index is 1.02. The zero-order chi connectivity index (χ0) is 12.0. The van der Waals surface area contributed by atoms with Crippen molar-refractivity contribution in [3.05, 3.63) is 15.9 Å². The second-order valence-corrected chi connectivity index (χ2v) is 4.96. The molecule has 0 atom stereocenters. The molecule has 16 heavy (non-hydrogen) atoms. The van der Waals surface area contributed by atoms with E-state index in [9.17, 15) is 0 Å². The molecule has 92 valence electrons. The Morgan fingerprint density at radius 3 is 2.56 bits per heavy atom. The summed E-state index contributed by atoms with van der Waals surface area (Å²) in [5, 5.41) is 7.91. The third-order valence-corrected chi connectivity index (χ3v) is 3.84. The molecule has 0 bridgehead atoms. The van der Waals surface area contributed by atoms with Gasteiger partial charge >= 0.3 is 0 Å². The summed E-state index contributed by atoms with van der Waals surface area (Å²) < 4.78 is 3.25. The van der Waals surface area contributed by atoms with Gasteiger partial charge in [0.15, 0.2) is 0 Å². The van der Waals surface area contributed by atoms with E-state index in [-0.39, 0.29) is 0 Å². The number of hydrogen-bond acceptors (Lipinski definition) is 2. The highest BCUT2D eigenvalue weighted by Gasteiger charge is 2.07. The van der Waals surface area contributed by atoms with E-state index < -0.39 is 0 Å². The molecule has 0 aliphatic heterocycles. The zero-order valence-electron chi connectivity index (χ0n) is 10.5. The maximum Gasteiger partial charge on any atom is 0.0738 e. The molecule has 0 spiro atoms. The van der Waals surface area contributed by atoms with E-state index in [0.29, 0.717) is 0 Å². The molecule has 0 unspecified atom stereocenters. The number of hydrogen-bond donors (Lipinski definition) is 1. The van der Waals surface area contributed by atoms with Crippen molar-refractivity contribution < 1.29 is 0 Å². The van der Waals surface area contributed by atoms with E-state index in [1.54, 1.807) is 0 Å². The number of aromatic nitrogens is 2. The molecule has 1 heterocycles. The second-order valence-electron chi connectivity index (χ2n) is 4.17. The van der Waals surface area contributed by atoms with Gasteiger partial charge < -0.3 is 5.32 Å². The standard InChI is InChI=1S/C12H22BrN3/c1-4-7-14-8-5-6-9-16-11(3)12(13)10(2)15-16/h14H,4-9H2,1-3H3. The summed E-state index contributed by atoms with van der Waals surface area (Å²) in [5.41, 5.74) is 2.32. The fourth-order valence-electron chi connectivity index (χ4n) is 1.71. The highest BCUT2D eigenvalue weighted by Crippen LogP contribution is 2.19. The van der Waals surface area contributed by atoms with Crippen molar-refractivity contribution in [1.82, 2.24) is 15.1 Å². The minimum atomic E-state index is 1.02. The van der Waals surface area contributed by atoms with Crippen LogP contribution >= 0.6 is 15.9 Å². The van der Waals surface area contributed by atoms with Gasteiger partial charge in [0.2, 0.25) is 0 Å². The Morgan fingerprint density at radius 1 is 1.25 bits per heavy atom. The van der Waals surface area contributed by atoms with Crippen molar-refractivity contribution in [3.63, 3.8) is 0 Å². The maximum absolute atomic E-state index is 4.49. The SMILES string of the molecule is CCCNCCCCn1nc(C)c(Br)c1C. The average molecular weight is 288 g/mol. The van der Waals surface area contributed by atoms with E-state index in [1.807, 2.05) is 6.92 Å². The number of rotatable bonds is 7. The molecule has 0 saturated heterocycles. The quantitative estimate of drug-likeness (QED) is 0.782. The third-order valence-electron chi connectivity index (χ3n) is 2.69. The summed E-state index contributed by atoms with van der Waals surface area (Å²) in [5.74, 6) is 0. The van der Waals surface area contributed by atoms with E-state index in [2.05, 4.69) is 44.9 Å². The first-order chi connectivity index (χ1) is 7.66. The van der Waals surface area contributed by atoms with Crippen molar-refractivity contribution >= 4 is 15.9 Å². The molecule has 0 aromatic carbocycles. The van der Waals surface area contributed by atoms with Gasteiger partial charge in [0.1, 0.15) is 0 Å². The van der Waals surface area contributed by atoms with Gasteiger partial charge in [0.25, 0.3) is 0 Å². The molecule has 0 aliphatic carbocycles. The van der Waals surface area contributed by atoms with Crippen molar-refractivity contribution in [2.45, 2.75) is 46.6 Å². The molecule has 3 nitrogen and oxygen atoms in total. The normalized spacial score (nSPS) is 11.0. The van der Waals surface area contributed by atoms with E-state index in [1.165, 1.54) is 25.0 Å². The lowest BCUT2D eigenvalue weighted by Gasteiger charge is -2.05. The maximum atomic E-state index is 4.49. The molecular formula is C12H22BrN3. The fraction of sp³-hybridized carbons (Fsp3) is 0.750. The van der Waals surface area contributed by atoms with Crippen molar-refractivity contribution in [2.75, 3.05) is 13.1 Å². The fourth-order valence-corrected chi connectivity index (χ4v) is 1.99. The predicted molar refractivity (Wildman–Crippen MR) is 71.8 cm³/mol. The molecule has 1 aromatic rings. The highest BCUT2D eigenvalue weighted by atomic mass is 79.9. The van der Waals surface area contributed by atoms with Crippen LogP contribution in [-0.2, 0) is 6.54 Å². The molecule has 0 saturated carbocycles. The zero-order valence-corrected chi connectivity index (χ0v) is 12.1. The van der Waals surface area contributed by atoms with Crippen LogP contribution in [0.25, 0.3) is 0 Å². The van der Waals surface area contributed by atoms with Gasteiger partial charge in [-0.05, 0) is 62.1 Å². The molecule has 1 rings (SSSR count). The van der Waals surface area contributed by atoms with Crippen LogP contribution in [0, 0.1) is 13.8 Å². The molecule has 1 aromatic heterocycles. The van der Waals surface area contributed by atoms with Crippen LogP contribution < -0.4 is 5.32 Å². The van der Waals surface area contributed by atoms with Gasteiger partial charge in [-0.15, -0.1) is 0 Å². The van der Waals surface area contributed by atoms with Gasteiger partial charge in [-0.2, -0.15) is 5.10 Å². The van der Waals surface area contributed by atoms with Gasteiger partial charge in [-0.1, -0.05) is 6.92 Å². The number of nitrogens with one attached hydrogen (secondary N) is 1. The minimum Gasteiger partial charge on any atom is -0.317 e. The van der Waals surface area contributed by atoms with Crippen LogP contribution in [0.15, 0.2) is 4.47 Å². The van der Waals surface area contributed by atoms with E-state index >= 15 is 0 Å². The molecule has 0 amide bonds. The molecule has 1 N–H and O–H groups in total. The summed E-state index contributed by atoms with van der Waals surface area (Å²) in [6.45, 7) is 9.61. The Kier molecular flexibility index (Phi) is 6.06. The number of halogens is 1. The largest absolute Gasteiger partial charge is 0.317 e. The smallest absolute Gasteiger partial charge is 0.0738 e. The number of unbranched alkanes of at least 4 members (excludes halogenated alkanes) is 1. The molecular weight excluding hydrogens is 266 g/mol. The topological polar surface area (TPSA) is 29.9 Å². The van der Waals surface area contributed by atoms with Crippen molar-refractivity contribution in [2.24, 2.45) is 0 Å². The van der Waals surface area contributed by atoms with Crippen LogP contribution in [0.2, 0.25) is 0 Å². The summed E-state index contributed by atoms with van der Waals surface area (Å²) in [6.07, 6.45) is 3.62. The average Bonchev–Trinajstić information content (AvgIpc) is 2.51. The first-order valence-electron chi connectivity index (χ1n) is 6.07. The van der Waals surface area contributed by atoms with Crippen LogP contribution in [0.1, 0.15) is 37.6 Å². The number of aryl methyl sites for hydroxylation is 2. The highest BCUT2D eigenvalue weighted by molar-refractivity contribution is 9.10. The Morgan fingerprint density at radius 2 is 2.00 bits per heavy atom. The van der Waals surface area contributed by atoms with Gasteiger partial charge in [-0.25, -0.2) is 0 Å². The predicted octanol–water partition coefficient (Wildman–Crippen LogP) is 3.04. The lowest BCUT2D eigenvalue weighted by molar-refractivity contribution is 0.524. The van der Waals surface area contributed by atoms with Crippen LogP contribution in [0.3, 0.4) is 0 Å². The molecule has 4 heteroatoms. The van der Waals surface area contributed by atoms with Gasteiger partial charge in [0.05, 0.1) is 10.2 Å². The van der Waals surface area contributed by atoms with E-state index in [4.69, 9.17) is 0 Å². The lowest BCUT2D eigenvalue weighted by atomic mass is 10.3. The monoisotopic (exact) mass is 287 g/mol. The summed E-state index contributed by atoms with van der Waals surface area (Å²) in [6, 6.07) is 0. The van der Waals surface area contributed by atoms with Crippen LogP contribution in [0.4, 0.5) is 0 Å². The first kappa shape index (κ1) is 13.7. The molecule has 0 aliphatic rings. The Labute approximate surface area is 107 Å². The Hall–Kier alpha value is -0.350. The van der Waals surface area contributed by atoms with E-state index in [0.717, 1.165) is 29.8 Å². The van der Waals surface area contributed by atoms with Crippen molar-refractivity contribution in [1.29, 1.82) is 0 Å². The van der Waals surface area contributed by atoms with Crippen LogP contribution in [0.5, 0.6) is 0 Å². The lowest BCUT2D eigenvalue weighted by Crippen LogP contribution is -2.16. The summed E-state index contributed by atoms with van der Waals surface area (Å²) in [7, 11) is 0. The Bertz CT molecular complexity index is 320. The second kappa shape index (κ2) is 7.07.